The van der Waals surface area contributed by atoms with Gasteiger partial charge < -0.3 is 4.43 Å². The van der Waals surface area contributed by atoms with Crippen LogP contribution in [-0.2, 0) is 4.43 Å². The molecule has 0 unspecified atom stereocenters. The highest BCUT2D eigenvalue weighted by molar-refractivity contribution is 6.26. The molecule has 0 aromatic rings. The van der Waals surface area contributed by atoms with Crippen LogP contribution in [0.25, 0.3) is 0 Å². The van der Waals surface area contributed by atoms with Crippen LogP contribution in [-0.4, -0.2) is 15.9 Å². The van der Waals surface area contributed by atoms with Gasteiger partial charge in [0.25, 0.3) is 0 Å². The molecule has 0 atom stereocenters. The fourth-order valence-electron chi connectivity index (χ4n) is 0.809. The predicted molar refractivity (Wildman–Crippen MR) is 44.5 cm³/mol. The molecular formula is C7H18OSi. The van der Waals surface area contributed by atoms with Gasteiger partial charge in [-0.2, -0.15) is 0 Å². The van der Waals surface area contributed by atoms with Gasteiger partial charge in [0.1, 0.15) is 0 Å². The first-order valence-electron chi connectivity index (χ1n) is 3.96. The lowest BCUT2D eigenvalue weighted by molar-refractivity contribution is 0.203. The van der Waals surface area contributed by atoms with Crippen LogP contribution < -0.4 is 0 Å². The van der Waals surface area contributed by atoms with Gasteiger partial charge in [-0.3, -0.25) is 0 Å². The Hall–Kier alpha value is 0.177. The maximum atomic E-state index is 5.63. The first-order chi connectivity index (χ1) is 4.35. The maximum Gasteiger partial charge on any atom is 0.161 e. The van der Waals surface area contributed by atoms with Crippen LogP contribution in [0.2, 0.25) is 6.04 Å². The second-order valence-electron chi connectivity index (χ2n) is 2.31. The Balaban J connectivity index is 3.09. The topological polar surface area (TPSA) is 9.23 Å². The summed E-state index contributed by atoms with van der Waals surface area (Å²) in [4.78, 5) is 0. The Morgan fingerprint density at radius 3 is 2.11 bits per heavy atom. The Labute approximate surface area is 60.7 Å². The lowest BCUT2D eigenvalue weighted by atomic mass is 10.2. The molecule has 0 aromatic carbocycles. The quantitative estimate of drug-likeness (QED) is 0.537. The van der Waals surface area contributed by atoms with Crippen molar-refractivity contribution in [2.24, 2.45) is 0 Å². The molecule has 1 nitrogen and oxygen atoms in total. The van der Waals surface area contributed by atoms with E-state index in [0.717, 1.165) is 0 Å². The van der Waals surface area contributed by atoms with E-state index in [-0.39, 0.29) is 9.76 Å². The molecule has 0 spiro atoms. The van der Waals surface area contributed by atoms with Gasteiger partial charge in [0.2, 0.25) is 0 Å². The minimum absolute atomic E-state index is 0.148. The first-order valence-corrected chi connectivity index (χ1v) is 5.54. The Bertz CT molecular complexity index is 52.9. The Kier molecular flexibility index (Phi) is 6.42. The van der Waals surface area contributed by atoms with Crippen molar-refractivity contribution in [3.05, 3.63) is 0 Å². The zero-order valence-corrected chi connectivity index (χ0v) is 8.23. The van der Waals surface area contributed by atoms with Gasteiger partial charge in [-0.15, -0.1) is 0 Å². The molecule has 0 saturated heterocycles. The van der Waals surface area contributed by atoms with E-state index in [1.165, 1.54) is 18.9 Å². The summed E-state index contributed by atoms with van der Waals surface area (Å²) in [6.07, 6.45) is 2.93. The van der Waals surface area contributed by atoms with Crippen molar-refractivity contribution < 1.29 is 4.43 Å². The van der Waals surface area contributed by atoms with Crippen molar-refractivity contribution in [1.29, 1.82) is 0 Å². The Morgan fingerprint density at radius 2 is 1.78 bits per heavy atom. The standard InChI is InChI=1S/C7H18OSi/c1-4-7(5-2)8-9-6-3/h7H,4-6,9H2,1-3H3. The van der Waals surface area contributed by atoms with Gasteiger partial charge in [0, 0.05) is 6.10 Å². The molecule has 2 heteroatoms. The molecule has 0 heterocycles. The minimum Gasteiger partial charge on any atom is -0.421 e. The van der Waals surface area contributed by atoms with Crippen LogP contribution >= 0.6 is 0 Å². The van der Waals surface area contributed by atoms with Crippen LogP contribution in [0.5, 0.6) is 0 Å². The average molecular weight is 146 g/mol. The molecule has 0 radical (unpaired) electrons. The summed E-state index contributed by atoms with van der Waals surface area (Å²) in [5.41, 5.74) is 0. The predicted octanol–water partition coefficient (Wildman–Crippen LogP) is 1.71. The molecule has 56 valence electrons. The van der Waals surface area contributed by atoms with Crippen LogP contribution in [0.1, 0.15) is 33.6 Å². The van der Waals surface area contributed by atoms with E-state index in [9.17, 15) is 0 Å². The van der Waals surface area contributed by atoms with Gasteiger partial charge in [0.15, 0.2) is 9.76 Å². The molecular weight excluding hydrogens is 128 g/mol. The van der Waals surface area contributed by atoms with Gasteiger partial charge in [-0.1, -0.05) is 20.8 Å². The molecule has 0 aliphatic carbocycles. The van der Waals surface area contributed by atoms with E-state index in [2.05, 4.69) is 20.8 Å². The summed E-state index contributed by atoms with van der Waals surface area (Å²) in [7, 11) is -0.148. The molecule has 0 N–H and O–H groups in total. The zero-order chi connectivity index (χ0) is 7.11. The van der Waals surface area contributed by atoms with E-state index in [1.807, 2.05) is 0 Å². The molecule has 0 fully saturated rings. The third-order valence-corrected chi connectivity index (χ3v) is 2.58. The van der Waals surface area contributed by atoms with Crippen molar-refractivity contribution >= 4 is 9.76 Å². The SMILES string of the molecule is CC[SiH2]OC(CC)CC. The van der Waals surface area contributed by atoms with Crippen LogP contribution in [0.15, 0.2) is 0 Å². The highest BCUT2D eigenvalue weighted by Gasteiger charge is 1.99. The number of rotatable bonds is 5. The second kappa shape index (κ2) is 6.30. The fourth-order valence-corrected chi connectivity index (χ4v) is 1.85. The second-order valence-corrected chi connectivity index (χ2v) is 4.05. The monoisotopic (exact) mass is 146 g/mol. The molecule has 0 bridgehead atoms. The third-order valence-electron chi connectivity index (χ3n) is 1.47. The van der Waals surface area contributed by atoms with Gasteiger partial charge >= 0.3 is 0 Å². The molecule has 0 aliphatic heterocycles. The van der Waals surface area contributed by atoms with Gasteiger partial charge in [0.05, 0.1) is 0 Å². The number of hydrogen-bond donors (Lipinski definition) is 0. The van der Waals surface area contributed by atoms with Gasteiger partial charge in [-0.05, 0) is 18.9 Å². The Morgan fingerprint density at radius 1 is 1.22 bits per heavy atom. The van der Waals surface area contributed by atoms with Gasteiger partial charge in [-0.25, -0.2) is 0 Å². The maximum absolute atomic E-state index is 5.63. The van der Waals surface area contributed by atoms with Crippen molar-refractivity contribution in [2.45, 2.75) is 45.8 Å². The van der Waals surface area contributed by atoms with E-state index >= 15 is 0 Å². The third kappa shape index (κ3) is 4.67. The van der Waals surface area contributed by atoms with Crippen LogP contribution in [0, 0.1) is 0 Å². The number of hydrogen-bond acceptors (Lipinski definition) is 1. The molecule has 0 saturated carbocycles. The van der Waals surface area contributed by atoms with E-state index in [4.69, 9.17) is 4.43 Å². The highest BCUT2D eigenvalue weighted by Crippen LogP contribution is 2.01. The summed E-state index contributed by atoms with van der Waals surface area (Å²) in [5.74, 6) is 0. The lowest BCUT2D eigenvalue weighted by Gasteiger charge is -2.12. The zero-order valence-electron chi connectivity index (χ0n) is 6.81. The minimum atomic E-state index is -0.148. The summed E-state index contributed by atoms with van der Waals surface area (Å²) in [6, 6.07) is 1.27. The summed E-state index contributed by atoms with van der Waals surface area (Å²) >= 11 is 0. The van der Waals surface area contributed by atoms with Crippen molar-refractivity contribution in [2.75, 3.05) is 0 Å². The smallest absolute Gasteiger partial charge is 0.161 e. The largest absolute Gasteiger partial charge is 0.421 e. The summed E-state index contributed by atoms with van der Waals surface area (Å²) in [5, 5.41) is 0. The molecule has 0 amide bonds. The molecule has 0 aromatic heterocycles. The molecule has 0 aliphatic rings. The van der Waals surface area contributed by atoms with E-state index in [0.29, 0.717) is 6.10 Å². The fraction of sp³-hybridized carbons (Fsp3) is 1.00. The van der Waals surface area contributed by atoms with Crippen LogP contribution in [0.4, 0.5) is 0 Å². The summed E-state index contributed by atoms with van der Waals surface area (Å²) < 4.78 is 5.63. The van der Waals surface area contributed by atoms with Crippen molar-refractivity contribution in [3.63, 3.8) is 0 Å². The van der Waals surface area contributed by atoms with Crippen LogP contribution in [0.3, 0.4) is 0 Å². The first kappa shape index (κ1) is 9.18. The average Bonchev–Trinajstić information content (AvgIpc) is 1.91. The van der Waals surface area contributed by atoms with E-state index in [1.54, 1.807) is 0 Å². The summed E-state index contributed by atoms with van der Waals surface area (Å²) in [6.45, 7) is 6.59. The highest BCUT2D eigenvalue weighted by atomic mass is 28.2. The van der Waals surface area contributed by atoms with Crippen molar-refractivity contribution in [3.8, 4) is 0 Å². The molecule has 0 rings (SSSR count). The lowest BCUT2D eigenvalue weighted by Crippen LogP contribution is -2.12. The molecule has 9 heavy (non-hydrogen) atoms. The van der Waals surface area contributed by atoms with Crippen molar-refractivity contribution in [1.82, 2.24) is 0 Å². The normalized spacial score (nSPS) is 12.0. The van der Waals surface area contributed by atoms with E-state index < -0.39 is 0 Å².